The van der Waals surface area contributed by atoms with Crippen LogP contribution < -0.4 is 16.5 Å². The molecule has 9 heteroatoms. The van der Waals surface area contributed by atoms with Crippen LogP contribution in [0.3, 0.4) is 0 Å². The predicted octanol–water partition coefficient (Wildman–Crippen LogP) is 1.26. The molecule has 1 amide bonds. The Morgan fingerprint density at radius 3 is 3.06 bits per heavy atom. The number of fused-ring (bicyclic) bond motifs is 4. The van der Waals surface area contributed by atoms with Crippen molar-refractivity contribution >= 4 is 50.9 Å². The van der Waals surface area contributed by atoms with E-state index >= 15 is 0 Å². The van der Waals surface area contributed by atoms with Gasteiger partial charge in [0, 0.05) is 28.6 Å². The lowest BCUT2D eigenvalue weighted by atomic mass is 9.85. The van der Waals surface area contributed by atoms with E-state index in [0.29, 0.717) is 18.3 Å². The fourth-order valence-corrected chi connectivity index (χ4v) is 6.22. The molecule has 1 aromatic carbocycles. The van der Waals surface area contributed by atoms with Crippen molar-refractivity contribution in [3.8, 4) is 0 Å². The second-order valence-corrected chi connectivity index (χ2v) is 9.49. The van der Waals surface area contributed by atoms with Gasteiger partial charge in [0.05, 0.1) is 23.6 Å². The first kappa shape index (κ1) is 18.7. The monoisotopic (exact) mass is 435 g/mol. The average molecular weight is 436 g/mol. The first-order valence-corrected chi connectivity index (χ1v) is 11.3. The van der Waals surface area contributed by atoms with E-state index in [1.807, 2.05) is 23.1 Å². The van der Waals surface area contributed by atoms with Crippen molar-refractivity contribution in [3.05, 3.63) is 40.5 Å². The topological polar surface area (TPSA) is 119 Å². The third-order valence-corrected chi connectivity index (χ3v) is 7.80. The van der Waals surface area contributed by atoms with Crippen molar-refractivity contribution in [2.75, 3.05) is 17.7 Å². The molecule has 7 rings (SSSR count). The van der Waals surface area contributed by atoms with Gasteiger partial charge in [-0.2, -0.15) is 0 Å². The van der Waals surface area contributed by atoms with Crippen LogP contribution in [-0.4, -0.2) is 45.9 Å². The number of nitrogens with one attached hydrogen (secondary N) is 1. The van der Waals surface area contributed by atoms with Crippen LogP contribution in [0.1, 0.15) is 28.8 Å². The number of nitrogens with zero attached hydrogens (tertiary/aromatic N) is 3. The van der Waals surface area contributed by atoms with Crippen molar-refractivity contribution < 1.29 is 14.9 Å². The Morgan fingerprint density at radius 1 is 1.39 bits per heavy atom. The Hall–Kier alpha value is -3.04. The molecule has 2 unspecified atom stereocenters. The summed E-state index contributed by atoms with van der Waals surface area (Å²) in [6.45, 7) is 0.691. The summed E-state index contributed by atoms with van der Waals surface area (Å²) in [5.41, 5.74) is 9.48. The summed E-state index contributed by atoms with van der Waals surface area (Å²) >= 11 is 1.67. The zero-order chi connectivity index (χ0) is 21.1. The van der Waals surface area contributed by atoms with Gasteiger partial charge in [0.25, 0.3) is 0 Å². The molecule has 3 atom stereocenters. The quantitative estimate of drug-likeness (QED) is 0.419. The number of ether oxygens (including phenoxy) is 1. The molecule has 158 valence electrons. The van der Waals surface area contributed by atoms with E-state index in [4.69, 9.17) is 15.9 Å². The van der Waals surface area contributed by atoms with Gasteiger partial charge in [-0.15, -0.1) is 11.3 Å². The molecule has 31 heavy (non-hydrogen) atoms. The Balaban J connectivity index is 1.30. The number of nitrogens with two attached hydrogens (primary N) is 2. The van der Waals surface area contributed by atoms with Gasteiger partial charge in [0.1, 0.15) is 23.2 Å². The number of carbonyl (C=O) groups excluding carboxylic acids is 1. The highest BCUT2D eigenvalue weighted by Crippen LogP contribution is 2.43. The normalized spacial score (nSPS) is 24.0. The van der Waals surface area contributed by atoms with E-state index in [1.54, 1.807) is 17.7 Å². The molecule has 0 spiro atoms. The first-order chi connectivity index (χ1) is 15.1. The summed E-state index contributed by atoms with van der Waals surface area (Å²) in [5.74, 6) is 1.05. The molecule has 3 fully saturated rings. The van der Waals surface area contributed by atoms with Gasteiger partial charge in [-0.1, -0.05) is 0 Å². The molecule has 3 saturated heterocycles. The minimum absolute atomic E-state index is 0.0125. The molecular formula is C22H23N6O2S+. The van der Waals surface area contributed by atoms with Crippen molar-refractivity contribution in [3.63, 3.8) is 0 Å². The number of rotatable bonds is 4. The predicted molar refractivity (Wildman–Crippen MR) is 119 cm³/mol. The molecule has 1 aliphatic carbocycles. The Morgan fingerprint density at radius 2 is 2.29 bits per heavy atom. The van der Waals surface area contributed by atoms with E-state index in [-0.39, 0.29) is 18.1 Å². The van der Waals surface area contributed by atoms with Crippen molar-refractivity contribution in [1.29, 1.82) is 0 Å². The van der Waals surface area contributed by atoms with Crippen molar-refractivity contribution in [1.82, 2.24) is 14.9 Å². The summed E-state index contributed by atoms with van der Waals surface area (Å²) in [7, 11) is 0. The second kappa shape index (κ2) is 7.00. The molecule has 0 saturated carbocycles. The van der Waals surface area contributed by atoms with E-state index in [2.05, 4.69) is 15.3 Å². The lowest BCUT2D eigenvalue weighted by Gasteiger charge is -2.40. The maximum atomic E-state index is 13.0. The second-order valence-electron chi connectivity index (χ2n) is 8.40. The molecule has 5 N–H and O–H groups in total. The molecule has 0 radical (unpaired) electrons. The van der Waals surface area contributed by atoms with Gasteiger partial charge in [-0.25, -0.2) is 9.97 Å². The van der Waals surface area contributed by atoms with E-state index in [0.717, 1.165) is 53.0 Å². The van der Waals surface area contributed by atoms with Crippen LogP contribution in [0.25, 0.3) is 10.2 Å². The molecule has 2 bridgehead atoms. The summed E-state index contributed by atoms with van der Waals surface area (Å²) in [4.78, 5) is 26.2. The Bertz CT molecular complexity index is 1210. The highest BCUT2D eigenvalue weighted by molar-refractivity contribution is 7.19. The summed E-state index contributed by atoms with van der Waals surface area (Å²) in [5, 5.41) is 10.1. The van der Waals surface area contributed by atoms with Gasteiger partial charge >= 0.3 is 0 Å². The Labute approximate surface area is 182 Å². The van der Waals surface area contributed by atoms with Gasteiger partial charge in [0.2, 0.25) is 5.91 Å². The highest BCUT2D eigenvalue weighted by Gasteiger charge is 2.50. The summed E-state index contributed by atoms with van der Waals surface area (Å²) < 4.78 is 5.63. The third kappa shape index (κ3) is 2.91. The van der Waals surface area contributed by atoms with Crippen LogP contribution in [0.15, 0.2) is 24.5 Å². The summed E-state index contributed by atoms with van der Waals surface area (Å²) in [6.07, 6.45) is 6.54. The molecule has 2 aromatic heterocycles. The lowest BCUT2D eigenvalue weighted by molar-refractivity contribution is -0.151. The molecular weight excluding hydrogens is 412 g/mol. The molecule has 8 nitrogen and oxygen atoms in total. The molecule has 3 aromatic rings. The van der Waals surface area contributed by atoms with E-state index < -0.39 is 0 Å². The molecule has 5 heterocycles. The minimum atomic E-state index is 0.0125. The third-order valence-electron chi connectivity index (χ3n) is 6.64. The number of thiophene rings is 1. The average Bonchev–Trinajstić information content (AvgIpc) is 3.49. The van der Waals surface area contributed by atoms with E-state index in [9.17, 15) is 4.79 Å². The minimum Gasteiger partial charge on any atom is -0.398 e. The number of anilines is 3. The SMILES string of the molecule is Nc1ccc(Nc2ncnc3sc4c(c23)CC[C@H](C(=O)N2C3COC2C3)C4)cc1C=[NH2+]. The molecule has 3 aliphatic heterocycles. The van der Waals surface area contributed by atoms with Gasteiger partial charge in [-0.3, -0.25) is 10.2 Å². The highest BCUT2D eigenvalue weighted by atomic mass is 32.1. The zero-order valence-electron chi connectivity index (χ0n) is 16.9. The maximum absolute atomic E-state index is 13.0. The van der Waals surface area contributed by atoms with Crippen LogP contribution in [-0.2, 0) is 22.4 Å². The fraction of sp³-hybridized carbons (Fsp3) is 0.364. The summed E-state index contributed by atoms with van der Waals surface area (Å²) in [6, 6.07) is 5.93. The number of carbonyl (C=O) groups is 1. The maximum Gasteiger partial charge on any atom is 0.228 e. The van der Waals surface area contributed by atoms with Crippen LogP contribution in [0, 0.1) is 5.92 Å². The number of hydrogen-bond acceptors (Lipinski definition) is 7. The fourth-order valence-electron chi connectivity index (χ4n) is 4.96. The van der Waals surface area contributed by atoms with Gasteiger partial charge in [-0.05, 0) is 43.0 Å². The number of benzene rings is 1. The van der Waals surface area contributed by atoms with Gasteiger partial charge < -0.3 is 20.7 Å². The van der Waals surface area contributed by atoms with Gasteiger partial charge in [0.15, 0.2) is 6.21 Å². The largest absolute Gasteiger partial charge is 0.398 e. The zero-order valence-corrected chi connectivity index (χ0v) is 17.7. The van der Waals surface area contributed by atoms with Crippen LogP contribution in [0.4, 0.5) is 17.2 Å². The van der Waals surface area contributed by atoms with Crippen molar-refractivity contribution in [2.45, 2.75) is 38.0 Å². The van der Waals surface area contributed by atoms with Crippen LogP contribution in [0.2, 0.25) is 0 Å². The molecule has 4 aliphatic rings. The Kier molecular flexibility index (Phi) is 4.22. The van der Waals surface area contributed by atoms with Crippen molar-refractivity contribution in [2.24, 2.45) is 5.92 Å². The van der Waals surface area contributed by atoms with Crippen LogP contribution >= 0.6 is 11.3 Å². The number of hydrogen-bond donors (Lipinski definition) is 3. The standard InChI is InChI=1S/C22H22N6O2S/c23-8-12-5-13(2-4-16(12)24)27-20-19-15-3-1-11(6-17(15)31-21(19)26-10-25-20)22(29)28-14-7-18(28)30-9-14/h2,4-5,8,10-11,14,18,23H,1,3,6-7,9,24H2,(H,25,26,27)/p+1/t11-,14?,18?/m0/s1. The first-order valence-electron chi connectivity index (χ1n) is 10.5. The number of nitrogen functional groups attached to an aromatic ring is 1. The number of aryl methyl sites for hydroxylation is 1. The van der Waals surface area contributed by atoms with Crippen LogP contribution in [0.5, 0.6) is 0 Å². The number of aromatic nitrogens is 2. The smallest absolute Gasteiger partial charge is 0.228 e. The lowest BCUT2D eigenvalue weighted by Crippen LogP contribution is -2.55. The van der Waals surface area contributed by atoms with E-state index in [1.165, 1.54) is 16.7 Å². The number of amides is 1.